The first kappa shape index (κ1) is 16.5. The van der Waals surface area contributed by atoms with Crippen LogP contribution in [0.4, 0.5) is 0 Å². The zero-order chi connectivity index (χ0) is 16.3. The molecule has 1 aromatic carbocycles. The normalized spacial score (nSPS) is 16.5. The SMILES string of the molecule is COc1ccc2c(c1C(=O)O)OB(O)C[C@H]2NC(=O)CSC. The molecule has 1 heterocycles. The lowest BCUT2D eigenvalue weighted by molar-refractivity contribution is -0.119. The quantitative estimate of drug-likeness (QED) is 0.687. The van der Waals surface area contributed by atoms with Gasteiger partial charge in [-0.25, -0.2) is 4.79 Å². The molecule has 1 aliphatic heterocycles. The van der Waals surface area contributed by atoms with E-state index in [1.165, 1.54) is 24.9 Å². The molecule has 0 radical (unpaired) electrons. The standard InChI is InChI=1S/C13H16BNO6S/c1-20-9-4-3-7-8(15-10(16)6-22-2)5-14(19)21-12(7)11(9)13(17)18/h3-4,8,19H,5-6H2,1-2H3,(H,15,16)(H,17,18)/t8-/m1/s1. The Morgan fingerprint density at radius 1 is 1.55 bits per heavy atom. The minimum atomic E-state index is -1.23. The molecule has 0 saturated carbocycles. The summed E-state index contributed by atoms with van der Waals surface area (Å²) in [6.45, 7) is 0. The summed E-state index contributed by atoms with van der Waals surface area (Å²) in [6, 6.07) is 2.63. The molecule has 0 bridgehead atoms. The van der Waals surface area contributed by atoms with E-state index in [2.05, 4.69) is 5.32 Å². The van der Waals surface area contributed by atoms with Crippen molar-refractivity contribution in [2.45, 2.75) is 12.4 Å². The molecule has 1 aliphatic rings. The topological polar surface area (TPSA) is 105 Å². The van der Waals surface area contributed by atoms with Gasteiger partial charge in [0.1, 0.15) is 17.1 Å². The second kappa shape index (κ2) is 6.93. The number of ether oxygens (including phenoxy) is 1. The number of hydrogen-bond donors (Lipinski definition) is 3. The van der Waals surface area contributed by atoms with Crippen molar-refractivity contribution in [3.05, 3.63) is 23.3 Å². The van der Waals surface area contributed by atoms with Crippen molar-refractivity contribution in [2.24, 2.45) is 0 Å². The van der Waals surface area contributed by atoms with Crippen LogP contribution in [0.2, 0.25) is 6.32 Å². The summed E-state index contributed by atoms with van der Waals surface area (Å²) in [5, 5.41) is 22.0. The Bertz CT molecular complexity index is 596. The highest BCUT2D eigenvalue weighted by molar-refractivity contribution is 7.99. The molecule has 9 heteroatoms. The molecule has 2 rings (SSSR count). The Morgan fingerprint density at radius 2 is 2.27 bits per heavy atom. The Hall–Kier alpha value is -1.87. The summed E-state index contributed by atoms with van der Waals surface area (Å²) >= 11 is 1.37. The summed E-state index contributed by atoms with van der Waals surface area (Å²) in [6.07, 6.45) is 1.96. The average Bonchev–Trinajstić information content (AvgIpc) is 2.45. The number of fused-ring (bicyclic) bond motifs is 1. The molecule has 1 amide bonds. The highest BCUT2D eigenvalue weighted by Crippen LogP contribution is 2.40. The number of amides is 1. The van der Waals surface area contributed by atoms with E-state index in [0.29, 0.717) is 5.56 Å². The molecule has 0 fully saturated rings. The number of nitrogens with one attached hydrogen (secondary N) is 1. The van der Waals surface area contributed by atoms with Gasteiger partial charge >= 0.3 is 13.1 Å². The van der Waals surface area contributed by atoms with Crippen molar-refractivity contribution >= 4 is 30.8 Å². The Balaban J connectivity index is 2.43. The van der Waals surface area contributed by atoms with Crippen LogP contribution in [0.25, 0.3) is 0 Å². The van der Waals surface area contributed by atoms with Crippen LogP contribution in [0.5, 0.6) is 11.5 Å². The van der Waals surface area contributed by atoms with Gasteiger partial charge < -0.3 is 24.8 Å². The zero-order valence-electron chi connectivity index (χ0n) is 12.2. The lowest BCUT2D eigenvalue weighted by Gasteiger charge is -2.29. The second-order valence-corrected chi connectivity index (χ2v) is 5.59. The van der Waals surface area contributed by atoms with E-state index in [-0.39, 0.29) is 35.0 Å². The van der Waals surface area contributed by atoms with E-state index >= 15 is 0 Å². The number of carboxylic acids is 1. The number of rotatable bonds is 5. The Labute approximate surface area is 132 Å². The molecule has 1 aromatic rings. The van der Waals surface area contributed by atoms with Crippen LogP contribution in [0.1, 0.15) is 22.0 Å². The monoisotopic (exact) mass is 325 g/mol. The van der Waals surface area contributed by atoms with Crippen LogP contribution in [0.15, 0.2) is 12.1 Å². The molecule has 7 nitrogen and oxygen atoms in total. The van der Waals surface area contributed by atoms with Gasteiger partial charge in [-0.05, 0) is 18.4 Å². The maximum Gasteiger partial charge on any atom is 0.525 e. The van der Waals surface area contributed by atoms with Crippen LogP contribution >= 0.6 is 11.8 Å². The third-order valence-corrected chi connectivity index (χ3v) is 3.81. The third-order valence-electron chi connectivity index (χ3n) is 3.26. The fraction of sp³-hybridized carbons (Fsp3) is 0.385. The van der Waals surface area contributed by atoms with Gasteiger partial charge in [0.2, 0.25) is 5.91 Å². The van der Waals surface area contributed by atoms with Crippen LogP contribution in [-0.4, -0.2) is 48.2 Å². The Morgan fingerprint density at radius 3 is 2.86 bits per heavy atom. The second-order valence-electron chi connectivity index (χ2n) is 4.73. The molecular weight excluding hydrogens is 309 g/mol. The van der Waals surface area contributed by atoms with E-state index in [1.807, 2.05) is 0 Å². The summed E-state index contributed by atoms with van der Waals surface area (Å²) < 4.78 is 10.3. The van der Waals surface area contributed by atoms with Gasteiger partial charge in [0.25, 0.3) is 0 Å². The molecule has 1 atom stereocenters. The van der Waals surface area contributed by atoms with Crippen LogP contribution in [0, 0.1) is 0 Å². The van der Waals surface area contributed by atoms with Gasteiger partial charge in [-0.15, -0.1) is 0 Å². The van der Waals surface area contributed by atoms with Crippen LogP contribution < -0.4 is 14.7 Å². The first-order chi connectivity index (χ1) is 10.5. The molecule has 0 spiro atoms. The first-order valence-corrected chi connectivity index (χ1v) is 7.94. The smallest absolute Gasteiger partial charge is 0.525 e. The largest absolute Gasteiger partial charge is 0.535 e. The lowest BCUT2D eigenvalue weighted by atomic mass is 9.75. The highest BCUT2D eigenvalue weighted by Gasteiger charge is 2.36. The van der Waals surface area contributed by atoms with Crippen LogP contribution in [-0.2, 0) is 4.79 Å². The number of aromatic carboxylic acids is 1. The van der Waals surface area contributed by atoms with Crippen molar-refractivity contribution < 1.29 is 29.1 Å². The zero-order valence-corrected chi connectivity index (χ0v) is 13.0. The molecule has 0 saturated heterocycles. The van der Waals surface area contributed by atoms with Gasteiger partial charge in [-0.2, -0.15) is 11.8 Å². The maximum atomic E-state index is 11.8. The summed E-state index contributed by atoms with van der Waals surface area (Å²) in [5.41, 5.74) is 0.348. The Kier molecular flexibility index (Phi) is 5.20. The van der Waals surface area contributed by atoms with E-state index in [0.717, 1.165) is 0 Å². The molecule has 22 heavy (non-hydrogen) atoms. The predicted molar refractivity (Wildman–Crippen MR) is 82.6 cm³/mol. The number of methoxy groups -OCH3 is 1. The van der Waals surface area contributed by atoms with Gasteiger partial charge in [0.05, 0.1) is 18.9 Å². The van der Waals surface area contributed by atoms with E-state index in [4.69, 9.17) is 9.39 Å². The number of carboxylic acid groups (broad SMARTS) is 1. The predicted octanol–water partition coefficient (Wildman–Crippen LogP) is 0.787. The summed E-state index contributed by atoms with van der Waals surface area (Å²) in [4.78, 5) is 23.2. The molecule has 0 aliphatic carbocycles. The summed E-state index contributed by atoms with van der Waals surface area (Å²) in [5.74, 6) is -0.970. The number of thioether (sulfide) groups is 1. The van der Waals surface area contributed by atoms with E-state index in [9.17, 15) is 19.7 Å². The summed E-state index contributed by atoms with van der Waals surface area (Å²) in [7, 11) is 0.155. The van der Waals surface area contributed by atoms with Gasteiger partial charge in [-0.3, -0.25) is 4.79 Å². The van der Waals surface area contributed by atoms with Crippen molar-refractivity contribution in [3.8, 4) is 11.5 Å². The number of carbonyl (C=O) groups excluding carboxylic acids is 1. The van der Waals surface area contributed by atoms with E-state index in [1.54, 1.807) is 12.3 Å². The molecular formula is C13H16BNO6S. The molecule has 0 unspecified atom stereocenters. The number of benzene rings is 1. The molecule has 0 aromatic heterocycles. The van der Waals surface area contributed by atoms with Gasteiger partial charge in [0, 0.05) is 11.9 Å². The number of hydrogen-bond acceptors (Lipinski definition) is 6. The molecule has 3 N–H and O–H groups in total. The lowest BCUT2D eigenvalue weighted by Crippen LogP contribution is -2.39. The van der Waals surface area contributed by atoms with E-state index < -0.39 is 19.1 Å². The van der Waals surface area contributed by atoms with Gasteiger partial charge in [0.15, 0.2) is 0 Å². The maximum absolute atomic E-state index is 11.8. The van der Waals surface area contributed by atoms with Crippen molar-refractivity contribution in [1.29, 1.82) is 0 Å². The average molecular weight is 325 g/mol. The first-order valence-electron chi connectivity index (χ1n) is 6.55. The van der Waals surface area contributed by atoms with Crippen LogP contribution in [0.3, 0.4) is 0 Å². The minimum Gasteiger partial charge on any atom is -0.535 e. The van der Waals surface area contributed by atoms with Crippen molar-refractivity contribution in [2.75, 3.05) is 19.1 Å². The van der Waals surface area contributed by atoms with Crippen molar-refractivity contribution in [3.63, 3.8) is 0 Å². The fourth-order valence-corrected chi connectivity index (χ4v) is 2.72. The fourth-order valence-electron chi connectivity index (χ4n) is 2.37. The molecule has 118 valence electrons. The number of carbonyl (C=O) groups is 2. The van der Waals surface area contributed by atoms with Crippen molar-refractivity contribution in [1.82, 2.24) is 5.32 Å². The highest BCUT2D eigenvalue weighted by atomic mass is 32.2. The van der Waals surface area contributed by atoms with Gasteiger partial charge in [-0.1, -0.05) is 0 Å². The minimum absolute atomic E-state index is 0.0278. The third kappa shape index (κ3) is 3.31.